The summed E-state index contributed by atoms with van der Waals surface area (Å²) in [6, 6.07) is 0. The van der Waals surface area contributed by atoms with Gasteiger partial charge in [0.1, 0.15) is 6.61 Å². The predicted octanol–water partition coefficient (Wildman–Crippen LogP) is 5.49. The molecule has 0 radical (unpaired) electrons. The summed E-state index contributed by atoms with van der Waals surface area (Å²) in [5, 5.41) is 0. The topological polar surface area (TPSA) is 35.5 Å². The minimum Gasteiger partial charge on any atom is -0.394 e. The van der Waals surface area contributed by atoms with Crippen molar-refractivity contribution in [2.24, 2.45) is 0 Å². The van der Waals surface area contributed by atoms with Crippen LogP contribution in [0.4, 0.5) is 65.9 Å². The molecule has 0 aliphatic carbocycles. The Bertz CT molecular complexity index is 651. The predicted molar refractivity (Wildman–Crippen MR) is 71.6 cm³/mol. The van der Waals surface area contributed by atoms with E-state index in [9.17, 15) is 70.7 Å². The molecule has 186 valence electrons. The third kappa shape index (κ3) is 4.37. The van der Waals surface area contributed by atoms with Crippen LogP contribution in [0.1, 0.15) is 13.3 Å². The van der Waals surface area contributed by atoms with Crippen LogP contribution in [0, 0.1) is 0 Å². The minimum atomic E-state index is -8.38. The summed E-state index contributed by atoms with van der Waals surface area (Å²) in [6.07, 6.45) is -13.2. The molecule has 0 aromatic heterocycles. The summed E-state index contributed by atoms with van der Waals surface area (Å²) in [7, 11) is 1.13. The lowest BCUT2D eigenvalue weighted by molar-refractivity contribution is -0.462. The number of ether oxygens (including phenoxy) is 1. The van der Waals surface area contributed by atoms with Crippen molar-refractivity contribution < 1.29 is 79.9 Å². The van der Waals surface area contributed by atoms with E-state index in [1.807, 2.05) is 0 Å². The first kappa shape index (κ1) is 29.8. The molecule has 0 saturated heterocycles. The van der Waals surface area contributed by atoms with Gasteiger partial charge in [0.25, 0.3) is 0 Å². The van der Waals surface area contributed by atoms with Crippen molar-refractivity contribution in [2.45, 2.75) is 61.2 Å². The SMILES string of the molecule is CCC(F)C(F)(F)C(F)(F)C(F)(F)C(F)(F)C(F)(F)C(F)(F)C(F)(F)OC(=O)COP. The van der Waals surface area contributed by atoms with E-state index in [2.05, 4.69) is 9.26 Å². The molecule has 0 saturated carbocycles. The highest BCUT2D eigenvalue weighted by molar-refractivity contribution is 7.09. The lowest BCUT2D eigenvalue weighted by Gasteiger charge is -2.42. The minimum absolute atomic E-state index is 0.307. The fraction of sp³-hybridized carbons (Fsp3) is 0.917. The summed E-state index contributed by atoms with van der Waals surface area (Å²) in [4.78, 5) is 10.7. The van der Waals surface area contributed by atoms with Crippen molar-refractivity contribution in [1.29, 1.82) is 0 Å². The normalized spacial score (nSPS) is 16.3. The van der Waals surface area contributed by atoms with Gasteiger partial charge in [-0.05, 0) is 6.42 Å². The van der Waals surface area contributed by atoms with Crippen LogP contribution >= 0.6 is 9.47 Å². The first-order valence-electron chi connectivity index (χ1n) is 7.26. The second kappa shape index (κ2) is 8.63. The fourth-order valence-electron chi connectivity index (χ4n) is 1.74. The van der Waals surface area contributed by atoms with Crippen LogP contribution in [0.2, 0.25) is 0 Å². The van der Waals surface area contributed by atoms with Crippen molar-refractivity contribution in [3.63, 3.8) is 0 Å². The second-order valence-corrected chi connectivity index (χ2v) is 6.01. The highest BCUT2D eigenvalue weighted by Gasteiger charge is 2.94. The van der Waals surface area contributed by atoms with Crippen LogP contribution in [0.3, 0.4) is 0 Å². The number of hydrogen-bond donors (Lipinski definition) is 0. The number of hydrogen-bond acceptors (Lipinski definition) is 3. The second-order valence-electron chi connectivity index (χ2n) is 5.67. The van der Waals surface area contributed by atoms with Crippen molar-refractivity contribution in [2.75, 3.05) is 6.61 Å². The largest absolute Gasteiger partial charge is 0.473 e. The molecule has 19 heteroatoms. The van der Waals surface area contributed by atoms with E-state index in [0.717, 1.165) is 9.47 Å². The van der Waals surface area contributed by atoms with E-state index in [1.54, 1.807) is 0 Å². The lowest BCUT2D eigenvalue weighted by atomic mass is 9.89. The number of halogens is 15. The van der Waals surface area contributed by atoms with Gasteiger partial charge in [-0.3, -0.25) is 0 Å². The fourth-order valence-corrected chi connectivity index (χ4v) is 1.88. The zero-order valence-corrected chi connectivity index (χ0v) is 15.6. The summed E-state index contributed by atoms with van der Waals surface area (Å²) >= 11 is 0. The molecule has 0 aromatic carbocycles. The van der Waals surface area contributed by atoms with Gasteiger partial charge in [-0.2, -0.15) is 61.5 Å². The zero-order chi connectivity index (χ0) is 25.5. The Kier molecular flexibility index (Phi) is 8.30. The van der Waals surface area contributed by atoms with Gasteiger partial charge in [-0.1, -0.05) is 6.92 Å². The summed E-state index contributed by atoms with van der Waals surface area (Å²) in [5.41, 5.74) is 0. The highest BCUT2D eigenvalue weighted by atomic mass is 31.0. The van der Waals surface area contributed by atoms with E-state index in [-0.39, 0.29) is 0 Å². The van der Waals surface area contributed by atoms with Crippen LogP contribution in [-0.4, -0.2) is 60.4 Å². The van der Waals surface area contributed by atoms with Crippen LogP contribution < -0.4 is 0 Å². The number of carbonyl (C=O) groups excluding carboxylic acids is 1. The first-order valence-corrected chi connectivity index (χ1v) is 7.73. The average Bonchev–Trinajstić information content (AvgIpc) is 2.59. The van der Waals surface area contributed by atoms with Crippen LogP contribution in [0.25, 0.3) is 0 Å². The summed E-state index contributed by atoms with van der Waals surface area (Å²) in [6.45, 7) is -1.41. The Balaban J connectivity index is 6.52. The third-order valence-electron chi connectivity index (χ3n) is 3.56. The average molecular weight is 518 g/mol. The molecule has 3 nitrogen and oxygen atoms in total. The Hall–Kier alpha value is -1.19. The first-order chi connectivity index (χ1) is 13.4. The Labute approximate surface area is 164 Å². The molecule has 0 fully saturated rings. The lowest BCUT2D eigenvalue weighted by Crippen LogP contribution is -2.74. The monoisotopic (exact) mass is 518 g/mol. The molecule has 0 N–H and O–H groups in total. The molecule has 0 aliphatic rings. The van der Waals surface area contributed by atoms with E-state index in [1.165, 1.54) is 0 Å². The number of carbonyl (C=O) groups is 1. The van der Waals surface area contributed by atoms with E-state index < -0.39 is 66.8 Å². The van der Waals surface area contributed by atoms with Crippen LogP contribution in [0.5, 0.6) is 0 Å². The van der Waals surface area contributed by atoms with E-state index in [0.29, 0.717) is 6.92 Å². The maximum atomic E-state index is 13.5. The van der Waals surface area contributed by atoms with Gasteiger partial charge in [0, 0.05) is 9.47 Å². The smallest absolute Gasteiger partial charge is 0.394 e. The van der Waals surface area contributed by atoms with Gasteiger partial charge >= 0.3 is 47.6 Å². The summed E-state index contributed by atoms with van der Waals surface area (Å²) in [5.74, 6) is -50.1. The number of esters is 1. The van der Waals surface area contributed by atoms with E-state index in [4.69, 9.17) is 0 Å². The molecule has 0 aliphatic heterocycles. The summed E-state index contributed by atoms with van der Waals surface area (Å²) < 4.78 is 206. The molecule has 0 spiro atoms. The molecule has 0 bridgehead atoms. The quantitative estimate of drug-likeness (QED) is 0.206. The molecule has 2 unspecified atom stereocenters. The number of rotatable bonds is 11. The van der Waals surface area contributed by atoms with Crippen LogP contribution in [0.15, 0.2) is 0 Å². The van der Waals surface area contributed by atoms with Gasteiger partial charge in [0.2, 0.25) is 0 Å². The standard InChI is InChI=1S/C12H10F15O3P/c1-2-4(13)6(14,15)7(16,17)8(18,19)9(20,21)10(22,23)11(24,25)12(26,27)30-5(28)3-29-31/h4H,2-3,31H2,1H3. The van der Waals surface area contributed by atoms with Gasteiger partial charge in [-0.15, -0.1) is 0 Å². The Morgan fingerprint density at radius 2 is 1.10 bits per heavy atom. The van der Waals surface area contributed by atoms with Crippen LogP contribution in [-0.2, 0) is 14.1 Å². The van der Waals surface area contributed by atoms with Crippen molar-refractivity contribution in [3.05, 3.63) is 0 Å². The number of alkyl halides is 15. The van der Waals surface area contributed by atoms with Gasteiger partial charge in [-0.25, -0.2) is 9.18 Å². The van der Waals surface area contributed by atoms with Gasteiger partial charge < -0.3 is 9.26 Å². The Morgan fingerprint density at radius 3 is 1.45 bits per heavy atom. The molecule has 0 rings (SSSR count). The molecular formula is C12H10F15O3P. The molecule has 0 amide bonds. The molecule has 2 atom stereocenters. The molecular weight excluding hydrogens is 508 g/mol. The van der Waals surface area contributed by atoms with E-state index >= 15 is 0 Å². The van der Waals surface area contributed by atoms with Gasteiger partial charge in [0.05, 0.1) is 0 Å². The van der Waals surface area contributed by atoms with Crippen molar-refractivity contribution >= 4 is 15.4 Å². The molecule has 31 heavy (non-hydrogen) atoms. The van der Waals surface area contributed by atoms with Crippen molar-refractivity contribution in [1.82, 2.24) is 0 Å². The Morgan fingerprint density at radius 1 is 0.742 bits per heavy atom. The third-order valence-corrected chi connectivity index (χ3v) is 3.72. The van der Waals surface area contributed by atoms with Crippen molar-refractivity contribution in [3.8, 4) is 0 Å². The molecule has 0 heterocycles. The maximum Gasteiger partial charge on any atom is 0.473 e. The zero-order valence-electron chi connectivity index (χ0n) is 14.5. The molecule has 0 aromatic rings. The van der Waals surface area contributed by atoms with Gasteiger partial charge in [0.15, 0.2) is 6.17 Å². The highest BCUT2D eigenvalue weighted by Crippen LogP contribution is 2.62. The maximum absolute atomic E-state index is 13.5.